The molecule has 0 bridgehead atoms. The van der Waals surface area contributed by atoms with E-state index in [9.17, 15) is 8.42 Å². The Morgan fingerprint density at radius 3 is 2.56 bits per heavy atom. The number of hydrogen-bond donors (Lipinski definition) is 3. The summed E-state index contributed by atoms with van der Waals surface area (Å²) in [5.74, 6) is 0.365. The third-order valence-corrected chi connectivity index (χ3v) is 3.54. The van der Waals surface area contributed by atoms with E-state index in [1.54, 1.807) is 19.4 Å². The highest BCUT2D eigenvalue weighted by atomic mass is 32.2. The minimum Gasteiger partial charge on any atom is -0.357 e. The van der Waals surface area contributed by atoms with E-state index in [0.717, 1.165) is 5.56 Å². The smallest absolute Gasteiger partial charge is 0.243 e. The average molecular weight is 268 g/mol. The van der Waals surface area contributed by atoms with Crippen molar-refractivity contribution in [2.24, 2.45) is 0 Å². The summed E-state index contributed by atoms with van der Waals surface area (Å²) in [4.78, 5) is 7.72. The van der Waals surface area contributed by atoms with Gasteiger partial charge in [0.25, 0.3) is 0 Å². The van der Waals surface area contributed by atoms with Crippen molar-refractivity contribution < 1.29 is 8.42 Å². The molecule has 0 radical (unpaired) electrons. The molecule has 0 spiro atoms. The van der Waals surface area contributed by atoms with Crippen LogP contribution in [0.2, 0.25) is 0 Å². The number of aromatic nitrogens is 4. The summed E-state index contributed by atoms with van der Waals surface area (Å²) in [7, 11) is -1.95. The fraction of sp³-hybridized carbons (Fsp3) is 0.222. The van der Waals surface area contributed by atoms with Gasteiger partial charge in [-0.3, -0.25) is 5.10 Å². The largest absolute Gasteiger partial charge is 0.357 e. The van der Waals surface area contributed by atoms with Gasteiger partial charge in [-0.25, -0.2) is 23.1 Å². The highest BCUT2D eigenvalue weighted by Gasteiger charge is 2.14. The van der Waals surface area contributed by atoms with E-state index < -0.39 is 10.0 Å². The maximum atomic E-state index is 11.9. The van der Waals surface area contributed by atoms with Crippen LogP contribution < -0.4 is 10.0 Å². The first-order chi connectivity index (χ1) is 8.62. The zero-order valence-corrected chi connectivity index (χ0v) is 10.4. The van der Waals surface area contributed by atoms with Gasteiger partial charge < -0.3 is 5.32 Å². The van der Waals surface area contributed by atoms with Gasteiger partial charge in [-0.05, 0) is 0 Å². The molecule has 0 fully saturated rings. The molecule has 0 aliphatic rings. The molecule has 96 valence electrons. The summed E-state index contributed by atoms with van der Waals surface area (Å²) in [6.07, 6.45) is 5.65. The van der Waals surface area contributed by atoms with Crippen molar-refractivity contribution in [3.05, 3.63) is 30.4 Å². The molecule has 8 nitrogen and oxygen atoms in total. The zero-order chi connectivity index (χ0) is 13.0. The van der Waals surface area contributed by atoms with Crippen LogP contribution in [0.4, 0.5) is 5.95 Å². The number of aromatic amines is 1. The first-order valence-electron chi connectivity index (χ1n) is 5.09. The minimum atomic E-state index is -3.61. The summed E-state index contributed by atoms with van der Waals surface area (Å²) < 4.78 is 26.2. The third-order valence-electron chi connectivity index (χ3n) is 2.18. The molecule has 0 aliphatic carbocycles. The van der Waals surface area contributed by atoms with Gasteiger partial charge >= 0.3 is 0 Å². The Hall–Kier alpha value is -2.00. The average Bonchev–Trinajstić information content (AvgIpc) is 2.90. The number of hydrogen-bond acceptors (Lipinski definition) is 6. The normalized spacial score (nSPS) is 11.4. The summed E-state index contributed by atoms with van der Waals surface area (Å²) >= 11 is 0. The molecule has 0 aromatic carbocycles. The van der Waals surface area contributed by atoms with Crippen LogP contribution in [0.5, 0.6) is 0 Å². The van der Waals surface area contributed by atoms with E-state index in [2.05, 4.69) is 30.2 Å². The van der Waals surface area contributed by atoms with Crippen molar-refractivity contribution in [3.8, 4) is 0 Å². The van der Waals surface area contributed by atoms with Crippen LogP contribution in [0.3, 0.4) is 0 Å². The minimum absolute atomic E-state index is 0.0185. The molecule has 0 saturated carbocycles. The lowest BCUT2D eigenvalue weighted by atomic mass is 10.4. The predicted octanol–water partition coefficient (Wildman–Crippen LogP) is -0.280. The number of sulfonamides is 1. The van der Waals surface area contributed by atoms with E-state index in [4.69, 9.17) is 0 Å². The number of H-pyrrole nitrogens is 1. The van der Waals surface area contributed by atoms with Crippen LogP contribution in [-0.2, 0) is 16.6 Å². The molecule has 3 N–H and O–H groups in total. The van der Waals surface area contributed by atoms with Crippen LogP contribution >= 0.6 is 0 Å². The van der Waals surface area contributed by atoms with Crippen molar-refractivity contribution in [3.63, 3.8) is 0 Å². The Bertz CT molecular complexity index is 592. The Labute approximate surface area is 104 Å². The van der Waals surface area contributed by atoms with Gasteiger partial charge in [0.05, 0.1) is 18.6 Å². The van der Waals surface area contributed by atoms with Gasteiger partial charge in [-0.15, -0.1) is 0 Å². The number of nitrogens with zero attached hydrogens (tertiary/aromatic N) is 3. The maximum absolute atomic E-state index is 11.9. The van der Waals surface area contributed by atoms with Crippen LogP contribution in [-0.4, -0.2) is 35.6 Å². The molecule has 0 aliphatic heterocycles. The third kappa shape index (κ3) is 2.81. The summed E-state index contributed by atoms with van der Waals surface area (Å²) in [5.41, 5.74) is 0.742. The summed E-state index contributed by atoms with van der Waals surface area (Å²) in [6, 6.07) is 0. The summed E-state index contributed by atoms with van der Waals surface area (Å²) in [6.45, 7) is 0.159. The van der Waals surface area contributed by atoms with Crippen molar-refractivity contribution in [1.29, 1.82) is 0 Å². The Morgan fingerprint density at radius 1 is 1.28 bits per heavy atom. The number of rotatable bonds is 5. The van der Waals surface area contributed by atoms with Crippen LogP contribution in [0.15, 0.2) is 29.7 Å². The molecule has 9 heteroatoms. The van der Waals surface area contributed by atoms with Crippen molar-refractivity contribution >= 4 is 16.0 Å². The van der Waals surface area contributed by atoms with Gasteiger partial charge in [0.2, 0.25) is 16.0 Å². The standard InChI is InChI=1S/C9H12N6O2S/c1-10-9-11-5-8(6-12-9)18(16,17)15-4-7-2-13-14-3-7/h2-3,5-6,15H,4H2,1H3,(H,13,14)(H,10,11,12). The van der Waals surface area contributed by atoms with E-state index in [-0.39, 0.29) is 11.4 Å². The van der Waals surface area contributed by atoms with E-state index in [0.29, 0.717) is 5.95 Å². The van der Waals surface area contributed by atoms with E-state index in [1.807, 2.05) is 0 Å². The molecule has 0 saturated heterocycles. The van der Waals surface area contributed by atoms with E-state index in [1.165, 1.54) is 12.4 Å². The monoisotopic (exact) mass is 268 g/mol. The lowest BCUT2D eigenvalue weighted by Gasteiger charge is -2.05. The Morgan fingerprint density at radius 2 is 2.00 bits per heavy atom. The van der Waals surface area contributed by atoms with Crippen LogP contribution in [0, 0.1) is 0 Å². The molecule has 0 atom stereocenters. The second-order valence-corrected chi connectivity index (χ2v) is 5.19. The second-order valence-electron chi connectivity index (χ2n) is 3.42. The first kappa shape index (κ1) is 12.5. The second kappa shape index (κ2) is 5.10. The lowest BCUT2D eigenvalue weighted by Crippen LogP contribution is -2.23. The highest BCUT2D eigenvalue weighted by molar-refractivity contribution is 7.89. The quantitative estimate of drug-likeness (QED) is 0.687. The number of anilines is 1. The first-order valence-corrected chi connectivity index (χ1v) is 6.57. The molecule has 18 heavy (non-hydrogen) atoms. The fourth-order valence-electron chi connectivity index (χ4n) is 1.22. The molecule has 2 rings (SSSR count). The van der Waals surface area contributed by atoms with Crippen molar-refractivity contribution in [2.45, 2.75) is 11.4 Å². The van der Waals surface area contributed by atoms with Crippen LogP contribution in [0.1, 0.15) is 5.56 Å². The van der Waals surface area contributed by atoms with Gasteiger partial charge in [0.1, 0.15) is 4.90 Å². The maximum Gasteiger partial charge on any atom is 0.243 e. The molecule has 0 amide bonds. The van der Waals surface area contributed by atoms with Crippen molar-refractivity contribution in [2.75, 3.05) is 12.4 Å². The van der Waals surface area contributed by atoms with Crippen LogP contribution in [0.25, 0.3) is 0 Å². The molecule has 2 aromatic heterocycles. The Kier molecular flexibility index (Phi) is 3.53. The van der Waals surface area contributed by atoms with Gasteiger partial charge in [-0.1, -0.05) is 0 Å². The molecular weight excluding hydrogens is 256 g/mol. The zero-order valence-electron chi connectivity index (χ0n) is 9.58. The SMILES string of the molecule is CNc1ncc(S(=O)(=O)NCc2cn[nH]c2)cn1. The van der Waals surface area contributed by atoms with E-state index >= 15 is 0 Å². The molecule has 2 aromatic rings. The van der Waals surface area contributed by atoms with Gasteiger partial charge in [0, 0.05) is 25.4 Å². The molecular formula is C9H12N6O2S. The van der Waals surface area contributed by atoms with Gasteiger partial charge in [0.15, 0.2) is 0 Å². The summed E-state index contributed by atoms with van der Waals surface area (Å²) in [5, 5.41) is 9.04. The topological polar surface area (TPSA) is 113 Å². The number of nitrogens with one attached hydrogen (secondary N) is 3. The lowest BCUT2D eigenvalue weighted by molar-refractivity contribution is 0.580. The van der Waals surface area contributed by atoms with Gasteiger partial charge in [-0.2, -0.15) is 5.10 Å². The Balaban J connectivity index is 2.09. The fourth-order valence-corrected chi connectivity index (χ4v) is 2.13. The predicted molar refractivity (Wildman–Crippen MR) is 64.2 cm³/mol. The molecule has 2 heterocycles. The molecule has 0 unspecified atom stereocenters. The van der Waals surface area contributed by atoms with Crippen molar-refractivity contribution in [1.82, 2.24) is 24.9 Å². The highest BCUT2D eigenvalue weighted by Crippen LogP contribution is 2.07.